The first-order valence-corrected chi connectivity index (χ1v) is 6.98. The van der Waals surface area contributed by atoms with Crippen LogP contribution in [0.5, 0.6) is 0 Å². The van der Waals surface area contributed by atoms with Gasteiger partial charge in [0, 0.05) is 12.0 Å². The van der Waals surface area contributed by atoms with Crippen molar-refractivity contribution < 1.29 is 14.7 Å². The van der Waals surface area contributed by atoms with Crippen molar-refractivity contribution in [3.8, 4) is 0 Å². The van der Waals surface area contributed by atoms with E-state index in [1.807, 2.05) is 30.3 Å². The minimum Gasteiger partial charge on any atom is -0.510 e. The molecule has 1 atom stereocenters. The van der Waals surface area contributed by atoms with Gasteiger partial charge in [-0.15, -0.1) is 0 Å². The summed E-state index contributed by atoms with van der Waals surface area (Å²) in [5.41, 5.74) is 1.14. The maximum atomic E-state index is 12.1. The Hall–Kier alpha value is -2.10. The molecule has 104 valence electrons. The van der Waals surface area contributed by atoms with Gasteiger partial charge in [-0.3, -0.25) is 14.5 Å². The van der Waals surface area contributed by atoms with Gasteiger partial charge >= 0.3 is 0 Å². The number of carbonyl (C=O) groups excluding carboxylic acids is 2. The van der Waals surface area contributed by atoms with Crippen LogP contribution in [0, 0.1) is 5.92 Å². The topological polar surface area (TPSA) is 57.6 Å². The lowest BCUT2D eigenvalue weighted by molar-refractivity contribution is -0.144. The molecule has 1 heterocycles. The number of carbonyl (C=O) groups is 2. The number of nitrogens with zero attached hydrogens (tertiary/aromatic N) is 1. The first-order chi connectivity index (χ1) is 9.66. The number of aryl methyl sites for hydroxylation is 1. The Morgan fingerprint density at radius 1 is 1.25 bits per heavy atom. The molecular formula is C16H17NO3. The van der Waals surface area contributed by atoms with Crippen LogP contribution in [0.3, 0.4) is 0 Å². The highest BCUT2D eigenvalue weighted by Gasteiger charge is 2.43. The Labute approximate surface area is 117 Å². The summed E-state index contributed by atoms with van der Waals surface area (Å²) >= 11 is 0. The molecule has 1 unspecified atom stereocenters. The first kappa shape index (κ1) is 12.9. The molecule has 1 N–H and O–H groups in total. The number of imide groups is 1. The molecule has 2 aliphatic rings. The van der Waals surface area contributed by atoms with Crippen LogP contribution in [0.15, 0.2) is 42.2 Å². The lowest BCUT2D eigenvalue weighted by Crippen LogP contribution is -2.41. The summed E-state index contributed by atoms with van der Waals surface area (Å²) in [4.78, 5) is 25.2. The van der Waals surface area contributed by atoms with Crippen LogP contribution in [0.1, 0.15) is 24.8 Å². The summed E-state index contributed by atoms with van der Waals surface area (Å²) in [5, 5.41) is 9.91. The van der Waals surface area contributed by atoms with E-state index in [1.165, 1.54) is 11.0 Å². The van der Waals surface area contributed by atoms with Crippen molar-refractivity contribution in [2.75, 3.05) is 0 Å². The van der Waals surface area contributed by atoms with Gasteiger partial charge in [-0.25, -0.2) is 0 Å². The monoisotopic (exact) mass is 271 g/mol. The molecule has 1 aromatic rings. The van der Waals surface area contributed by atoms with Gasteiger partial charge in [0.2, 0.25) is 5.91 Å². The molecule has 3 rings (SSSR count). The standard InChI is InChI=1S/C16H17NO3/c18-14-10-15(19)17(16(20)12-7-8-12)13(14)9-6-11-4-2-1-3-5-11/h1-5,10,12-13,18H,6-9H2. The van der Waals surface area contributed by atoms with E-state index in [2.05, 4.69) is 0 Å². The van der Waals surface area contributed by atoms with Crippen molar-refractivity contribution in [1.29, 1.82) is 0 Å². The number of amides is 2. The predicted octanol–water partition coefficient (Wildman–Crippen LogP) is 2.21. The number of rotatable bonds is 4. The van der Waals surface area contributed by atoms with E-state index in [4.69, 9.17) is 0 Å². The smallest absolute Gasteiger partial charge is 0.257 e. The molecule has 1 aliphatic heterocycles. The SMILES string of the molecule is O=C1C=C(O)C(CCc2ccccc2)N1C(=O)C1CC1. The van der Waals surface area contributed by atoms with Crippen molar-refractivity contribution in [1.82, 2.24) is 4.90 Å². The quantitative estimate of drug-likeness (QED) is 0.854. The molecule has 1 aromatic carbocycles. The molecular weight excluding hydrogens is 254 g/mol. The first-order valence-electron chi connectivity index (χ1n) is 6.98. The van der Waals surface area contributed by atoms with E-state index >= 15 is 0 Å². The van der Waals surface area contributed by atoms with Crippen LogP contribution in [-0.4, -0.2) is 27.9 Å². The molecule has 0 spiro atoms. The molecule has 1 aliphatic carbocycles. The second-order valence-corrected chi connectivity index (χ2v) is 5.43. The average Bonchev–Trinajstić information content (AvgIpc) is 3.24. The average molecular weight is 271 g/mol. The van der Waals surface area contributed by atoms with Gasteiger partial charge in [0.05, 0.1) is 6.04 Å². The van der Waals surface area contributed by atoms with Crippen LogP contribution >= 0.6 is 0 Å². The Balaban J connectivity index is 1.70. The number of hydrogen-bond donors (Lipinski definition) is 1. The number of aliphatic hydroxyl groups is 1. The van der Waals surface area contributed by atoms with Crippen LogP contribution in [0.4, 0.5) is 0 Å². The number of benzene rings is 1. The summed E-state index contributed by atoms with van der Waals surface area (Å²) in [6, 6.07) is 9.38. The van der Waals surface area contributed by atoms with E-state index in [1.54, 1.807) is 0 Å². The maximum Gasteiger partial charge on any atom is 0.257 e. The molecule has 0 bridgehead atoms. The Morgan fingerprint density at radius 2 is 1.95 bits per heavy atom. The maximum absolute atomic E-state index is 12.1. The second kappa shape index (κ2) is 5.12. The molecule has 0 aromatic heterocycles. The third-order valence-electron chi connectivity index (χ3n) is 3.88. The second-order valence-electron chi connectivity index (χ2n) is 5.43. The Bertz CT molecular complexity index is 560. The molecule has 0 radical (unpaired) electrons. The van der Waals surface area contributed by atoms with Crippen LogP contribution in [0.2, 0.25) is 0 Å². The van der Waals surface area contributed by atoms with Crippen molar-refractivity contribution in [2.45, 2.75) is 31.7 Å². The summed E-state index contributed by atoms with van der Waals surface area (Å²) < 4.78 is 0. The molecule has 1 fully saturated rings. The van der Waals surface area contributed by atoms with Gasteiger partial charge < -0.3 is 5.11 Å². The van der Waals surface area contributed by atoms with Crippen molar-refractivity contribution >= 4 is 11.8 Å². The molecule has 2 amide bonds. The Morgan fingerprint density at radius 3 is 2.60 bits per heavy atom. The third kappa shape index (κ3) is 2.46. The fraction of sp³-hybridized carbons (Fsp3) is 0.375. The lowest BCUT2D eigenvalue weighted by atomic mass is 10.0. The number of hydrogen-bond acceptors (Lipinski definition) is 3. The van der Waals surface area contributed by atoms with Crippen LogP contribution in [0.25, 0.3) is 0 Å². The van der Waals surface area contributed by atoms with E-state index in [0.29, 0.717) is 6.42 Å². The van der Waals surface area contributed by atoms with Crippen LogP contribution in [-0.2, 0) is 16.0 Å². The normalized spacial score (nSPS) is 22.0. The molecule has 1 saturated carbocycles. The fourth-order valence-corrected chi connectivity index (χ4v) is 2.59. The van der Waals surface area contributed by atoms with Crippen LogP contribution < -0.4 is 0 Å². The summed E-state index contributed by atoms with van der Waals surface area (Å²) in [6.07, 6.45) is 4.18. The Kier molecular flexibility index (Phi) is 3.30. The minimum atomic E-state index is -0.490. The third-order valence-corrected chi connectivity index (χ3v) is 3.88. The van der Waals surface area contributed by atoms with E-state index < -0.39 is 6.04 Å². The van der Waals surface area contributed by atoms with Crippen molar-refractivity contribution in [2.24, 2.45) is 5.92 Å². The number of aliphatic hydroxyl groups excluding tert-OH is 1. The summed E-state index contributed by atoms with van der Waals surface area (Å²) in [7, 11) is 0. The zero-order valence-electron chi connectivity index (χ0n) is 11.2. The van der Waals surface area contributed by atoms with Gasteiger partial charge in [0.25, 0.3) is 5.91 Å². The zero-order chi connectivity index (χ0) is 14.1. The molecule has 20 heavy (non-hydrogen) atoms. The molecule has 0 saturated heterocycles. The van der Waals surface area contributed by atoms with Crippen molar-refractivity contribution in [3.05, 3.63) is 47.7 Å². The van der Waals surface area contributed by atoms with Gasteiger partial charge in [-0.2, -0.15) is 0 Å². The molecule has 4 heteroatoms. The van der Waals surface area contributed by atoms with E-state index in [9.17, 15) is 14.7 Å². The largest absolute Gasteiger partial charge is 0.510 e. The van der Waals surface area contributed by atoms with Gasteiger partial charge in [-0.1, -0.05) is 30.3 Å². The fourth-order valence-electron chi connectivity index (χ4n) is 2.59. The highest BCUT2D eigenvalue weighted by molar-refractivity contribution is 6.05. The summed E-state index contributed by atoms with van der Waals surface area (Å²) in [5.74, 6) is -0.511. The zero-order valence-corrected chi connectivity index (χ0v) is 11.2. The van der Waals surface area contributed by atoms with Gasteiger partial charge in [-0.05, 0) is 31.2 Å². The minimum absolute atomic E-state index is 0.0138. The van der Waals surface area contributed by atoms with Gasteiger partial charge in [0.15, 0.2) is 0 Å². The lowest BCUT2D eigenvalue weighted by Gasteiger charge is -2.23. The van der Waals surface area contributed by atoms with Crippen molar-refractivity contribution in [3.63, 3.8) is 0 Å². The van der Waals surface area contributed by atoms with Gasteiger partial charge in [0.1, 0.15) is 5.76 Å². The highest BCUT2D eigenvalue weighted by atomic mass is 16.3. The highest BCUT2D eigenvalue weighted by Crippen LogP contribution is 2.34. The van der Waals surface area contributed by atoms with E-state index in [0.717, 1.165) is 24.8 Å². The van der Waals surface area contributed by atoms with E-state index in [-0.39, 0.29) is 23.5 Å². The predicted molar refractivity (Wildman–Crippen MR) is 73.8 cm³/mol. The molecule has 4 nitrogen and oxygen atoms in total. The summed E-state index contributed by atoms with van der Waals surface area (Å²) in [6.45, 7) is 0.